The van der Waals surface area contributed by atoms with Gasteiger partial charge in [0.25, 0.3) is 0 Å². The van der Waals surface area contributed by atoms with E-state index in [1.807, 2.05) is 12.2 Å². The number of unbranched alkanes of at least 4 members (excludes halogenated alkanes) is 5. The molecule has 0 radical (unpaired) electrons. The summed E-state index contributed by atoms with van der Waals surface area (Å²) in [6.07, 6.45) is 67.7. The lowest BCUT2D eigenvalue weighted by Gasteiger charge is -2.19. The van der Waals surface area contributed by atoms with Crippen molar-refractivity contribution in [2.75, 3.05) is 26.4 Å². The van der Waals surface area contributed by atoms with Crippen molar-refractivity contribution in [1.29, 1.82) is 0 Å². The van der Waals surface area contributed by atoms with Gasteiger partial charge in [0.1, 0.15) is 6.61 Å². The Balaban J connectivity index is 4.27. The van der Waals surface area contributed by atoms with E-state index >= 15 is 0 Å². The number of phosphoric acid groups is 1. The van der Waals surface area contributed by atoms with Gasteiger partial charge < -0.3 is 20.1 Å². The highest BCUT2D eigenvalue weighted by atomic mass is 31.2. The van der Waals surface area contributed by atoms with Crippen LogP contribution < -0.4 is 5.73 Å². The molecule has 352 valence electrons. The van der Waals surface area contributed by atoms with Gasteiger partial charge in [-0.15, -0.1) is 0 Å². The number of hydrogen-bond donors (Lipinski definition) is 2. The molecule has 2 unspecified atom stereocenters. The minimum absolute atomic E-state index is 0.0293. The highest BCUT2D eigenvalue weighted by Crippen LogP contribution is 2.43. The van der Waals surface area contributed by atoms with Crippen molar-refractivity contribution in [2.45, 2.75) is 148 Å². The molecule has 63 heavy (non-hydrogen) atoms. The number of carbonyl (C=O) groups excluding carboxylic acids is 2. The number of hydrogen-bond acceptors (Lipinski definition) is 8. The number of carbonyl (C=O) groups is 2. The molecule has 0 aliphatic carbocycles. The van der Waals surface area contributed by atoms with Crippen LogP contribution >= 0.6 is 7.82 Å². The summed E-state index contributed by atoms with van der Waals surface area (Å²) < 4.78 is 32.7. The van der Waals surface area contributed by atoms with E-state index in [0.29, 0.717) is 12.8 Å². The van der Waals surface area contributed by atoms with Crippen LogP contribution in [0.3, 0.4) is 0 Å². The first-order valence-corrected chi connectivity index (χ1v) is 24.8. The molecule has 0 aliphatic rings. The van der Waals surface area contributed by atoms with Crippen molar-refractivity contribution in [3.05, 3.63) is 146 Å². The second-order valence-corrected chi connectivity index (χ2v) is 16.0. The SMILES string of the molecule is CC/C=C\C/C=C\C/C=C\C/C=C\C/C=C\C/C=C\C/C=C\CCCCCCCC(=O)OC(COC(=O)C/C=C\C/C=C\C/C=C\C/C=C\C/C=C\CC)COP(=O)(O)OCCN. The quantitative estimate of drug-likeness (QED) is 0.0266. The van der Waals surface area contributed by atoms with Crippen LogP contribution in [0.5, 0.6) is 0 Å². The highest BCUT2D eigenvalue weighted by molar-refractivity contribution is 7.47. The molecule has 0 saturated carbocycles. The van der Waals surface area contributed by atoms with Gasteiger partial charge in [0.2, 0.25) is 0 Å². The van der Waals surface area contributed by atoms with Crippen LogP contribution in [-0.2, 0) is 32.7 Å². The van der Waals surface area contributed by atoms with Crippen molar-refractivity contribution in [1.82, 2.24) is 0 Å². The monoisotopic (exact) mass is 892 g/mol. The Morgan fingerprint density at radius 2 is 0.873 bits per heavy atom. The van der Waals surface area contributed by atoms with Gasteiger partial charge in [0.15, 0.2) is 6.10 Å². The van der Waals surface area contributed by atoms with Crippen molar-refractivity contribution < 1.29 is 37.6 Å². The van der Waals surface area contributed by atoms with Gasteiger partial charge >= 0.3 is 19.8 Å². The molecule has 0 fully saturated rings. The molecule has 0 aliphatic heterocycles. The van der Waals surface area contributed by atoms with Crippen LogP contribution in [0.4, 0.5) is 0 Å². The lowest BCUT2D eigenvalue weighted by Crippen LogP contribution is -2.29. The van der Waals surface area contributed by atoms with Crippen LogP contribution in [-0.4, -0.2) is 49.3 Å². The number of nitrogens with two attached hydrogens (primary N) is 1. The highest BCUT2D eigenvalue weighted by Gasteiger charge is 2.25. The fraction of sp³-hybridized carbons (Fsp3) is 0.509. The molecule has 0 heterocycles. The predicted molar refractivity (Wildman–Crippen MR) is 265 cm³/mol. The first-order chi connectivity index (χ1) is 30.8. The Bertz CT molecular complexity index is 1530. The standard InChI is InChI=1S/C53H82NO8P/c1-3-5-7-9-11-13-15-17-19-20-21-22-23-24-25-26-27-28-29-30-32-34-36-38-40-42-44-46-53(56)62-51(50-61-63(57,58)60-48-47-54)49-59-52(55)45-43-41-39-37-35-33-31-18-16-14-12-10-8-6-4-2/h5-8,11-14,17-19,21-22,24-25,27-28,30-32,35,37,41,43,51H,3-4,9-10,15-16,20,23,26,29,33-34,36,38-40,42,44-50,54H2,1-2H3,(H,57,58)/b7-5-,8-6-,13-11-,14-12-,19-17-,22-21-,25-24-,28-27-,31-18-,32-30-,37-35-,43-41-. The normalized spacial score (nSPS) is 14.5. The largest absolute Gasteiger partial charge is 0.472 e. The fourth-order valence-corrected chi connectivity index (χ4v) is 6.16. The molecule has 0 aromatic heterocycles. The van der Waals surface area contributed by atoms with Gasteiger partial charge in [-0.2, -0.15) is 0 Å². The third kappa shape index (κ3) is 47.2. The summed E-state index contributed by atoms with van der Waals surface area (Å²) in [5.74, 6) is -1.02. The van der Waals surface area contributed by atoms with Gasteiger partial charge in [0, 0.05) is 13.0 Å². The molecule has 0 bridgehead atoms. The van der Waals surface area contributed by atoms with Crippen molar-refractivity contribution in [2.24, 2.45) is 5.73 Å². The Hall–Kier alpha value is -4.11. The Morgan fingerprint density at radius 1 is 0.492 bits per heavy atom. The van der Waals surface area contributed by atoms with E-state index < -0.39 is 32.5 Å². The van der Waals surface area contributed by atoms with Gasteiger partial charge in [0.05, 0.1) is 19.6 Å². The van der Waals surface area contributed by atoms with E-state index in [9.17, 15) is 19.0 Å². The van der Waals surface area contributed by atoms with E-state index in [4.69, 9.17) is 24.3 Å². The van der Waals surface area contributed by atoms with Crippen LogP contribution in [0.1, 0.15) is 142 Å². The molecule has 0 rings (SSSR count). The maximum absolute atomic E-state index is 12.6. The molecule has 10 heteroatoms. The molecule has 0 aromatic rings. The molecule has 3 N–H and O–H groups in total. The van der Waals surface area contributed by atoms with Crippen LogP contribution in [0.25, 0.3) is 0 Å². The molecular formula is C53H82NO8P. The maximum Gasteiger partial charge on any atom is 0.472 e. The van der Waals surface area contributed by atoms with Crippen molar-refractivity contribution in [3.8, 4) is 0 Å². The Labute approximate surface area is 382 Å². The second-order valence-electron chi connectivity index (χ2n) is 14.5. The number of ether oxygens (including phenoxy) is 2. The first kappa shape index (κ1) is 58.9. The van der Waals surface area contributed by atoms with E-state index in [-0.39, 0.29) is 32.6 Å². The number of rotatable bonds is 41. The third-order valence-corrected chi connectivity index (χ3v) is 9.74. The van der Waals surface area contributed by atoms with E-state index in [2.05, 4.69) is 141 Å². The summed E-state index contributed by atoms with van der Waals surface area (Å²) in [6.45, 7) is 3.33. The van der Waals surface area contributed by atoms with E-state index in [1.165, 1.54) is 0 Å². The van der Waals surface area contributed by atoms with Crippen molar-refractivity contribution >= 4 is 19.8 Å². The van der Waals surface area contributed by atoms with Gasteiger partial charge in [-0.3, -0.25) is 18.6 Å². The molecular weight excluding hydrogens is 810 g/mol. The summed E-state index contributed by atoms with van der Waals surface area (Å²) in [4.78, 5) is 34.9. The summed E-state index contributed by atoms with van der Waals surface area (Å²) in [5, 5.41) is 0. The zero-order chi connectivity index (χ0) is 46.0. The molecule has 0 saturated heterocycles. The number of esters is 2. The Morgan fingerprint density at radius 3 is 1.30 bits per heavy atom. The maximum atomic E-state index is 12.6. The third-order valence-electron chi connectivity index (χ3n) is 8.75. The topological polar surface area (TPSA) is 134 Å². The lowest BCUT2D eigenvalue weighted by atomic mass is 10.1. The van der Waals surface area contributed by atoms with Crippen LogP contribution in [0, 0.1) is 0 Å². The molecule has 0 aromatic carbocycles. The zero-order valence-electron chi connectivity index (χ0n) is 38.7. The van der Waals surface area contributed by atoms with Gasteiger partial charge in [-0.05, 0) is 96.3 Å². The lowest BCUT2D eigenvalue weighted by molar-refractivity contribution is -0.160. The van der Waals surface area contributed by atoms with Gasteiger partial charge in [-0.1, -0.05) is 179 Å². The summed E-state index contributed by atoms with van der Waals surface area (Å²) in [5.41, 5.74) is 5.35. The predicted octanol–water partition coefficient (Wildman–Crippen LogP) is 14.0. The minimum atomic E-state index is -4.42. The summed E-state index contributed by atoms with van der Waals surface area (Å²) in [6, 6.07) is 0. The zero-order valence-corrected chi connectivity index (χ0v) is 39.6. The Kier molecular flexibility index (Phi) is 44.3. The molecule has 0 spiro atoms. The van der Waals surface area contributed by atoms with Crippen molar-refractivity contribution in [3.63, 3.8) is 0 Å². The van der Waals surface area contributed by atoms with E-state index in [0.717, 1.165) is 103 Å². The molecule has 2 atom stereocenters. The second kappa shape index (κ2) is 47.4. The average molecular weight is 892 g/mol. The number of allylic oxidation sites excluding steroid dienone is 23. The van der Waals surface area contributed by atoms with Gasteiger partial charge in [-0.25, -0.2) is 4.57 Å². The average Bonchev–Trinajstić information content (AvgIpc) is 3.27. The van der Waals surface area contributed by atoms with Crippen LogP contribution in [0.2, 0.25) is 0 Å². The molecule has 9 nitrogen and oxygen atoms in total. The summed E-state index contributed by atoms with van der Waals surface area (Å²) >= 11 is 0. The first-order valence-electron chi connectivity index (χ1n) is 23.3. The minimum Gasteiger partial charge on any atom is -0.461 e. The smallest absolute Gasteiger partial charge is 0.461 e. The van der Waals surface area contributed by atoms with Crippen LogP contribution in [0.15, 0.2) is 146 Å². The van der Waals surface area contributed by atoms with E-state index in [1.54, 1.807) is 6.08 Å². The molecule has 0 amide bonds. The number of phosphoric ester groups is 1. The fourth-order valence-electron chi connectivity index (χ4n) is 5.39. The summed E-state index contributed by atoms with van der Waals surface area (Å²) in [7, 11) is -4.42.